The van der Waals surface area contributed by atoms with E-state index < -0.39 is 0 Å². The van der Waals surface area contributed by atoms with Gasteiger partial charge in [0.1, 0.15) is 0 Å². The van der Waals surface area contributed by atoms with Gasteiger partial charge in [-0.05, 0) is 31.8 Å². The highest BCUT2D eigenvalue weighted by atomic mass is 15.5. The molecule has 0 aromatic carbocycles. The van der Waals surface area contributed by atoms with E-state index in [2.05, 4.69) is 15.5 Å². The molecule has 0 aliphatic carbocycles. The zero-order valence-corrected chi connectivity index (χ0v) is 7.61. The Balaban J connectivity index is 1.89. The van der Waals surface area contributed by atoms with Crippen LogP contribution < -0.4 is 11.1 Å². The fraction of sp³-hybridized carbons (Fsp3) is 0.750. The first-order valence-electron chi connectivity index (χ1n) is 4.71. The van der Waals surface area contributed by atoms with Gasteiger partial charge in [-0.25, -0.2) is 0 Å². The van der Waals surface area contributed by atoms with Crippen molar-refractivity contribution in [1.82, 2.24) is 20.3 Å². The van der Waals surface area contributed by atoms with Crippen molar-refractivity contribution in [3.05, 3.63) is 6.20 Å². The molecule has 0 radical (unpaired) electrons. The SMILES string of the molecule is Nc1cnn(CC2CCCNC2)n1. The summed E-state index contributed by atoms with van der Waals surface area (Å²) >= 11 is 0. The van der Waals surface area contributed by atoms with Crippen molar-refractivity contribution in [2.45, 2.75) is 19.4 Å². The molecule has 1 aromatic heterocycles. The molecule has 5 heteroatoms. The predicted molar refractivity (Wildman–Crippen MR) is 50.0 cm³/mol. The molecule has 13 heavy (non-hydrogen) atoms. The van der Waals surface area contributed by atoms with Gasteiger partial charge in [0.05, 0.1) is 12.7 Å². The van der Waals surface area contributed by atoms with Gasteiger partial charge >= 0.3 is 0 Å². The molecule has 1 aliphatic rings. The van der Waals surface area contributed by atoms with Gasteiger partial charge in [0.2, 0.25) is 0 Å². The summed E-state index contributed by atoms with van der Waals surface area (Å²) in [6, 6.07) is 0. The van der Waals surface area contributed by atoms with Crippen molar-refractivity contribution >= 4 is 5.82 Å². The van der Waals surface area contributed by atoms with E-state index >= 15 is 0 Å². The van der Waals surface area contributed by atoms with Crippen LogP contribution in [0.5, 0.6) is 0 Å². The summed E-state index contributed by atoms with van der Waals surface area (Å²) < 4.78 is 0. The highest BCUT2D eigenvalue weighted by Crippen LogP contribution is 2.11. The summed E-state index contributed by atoms with van der Waals surface area (Å²) in [6.45, 7) is 3.09. The molecule has 72 valence electrons. The third-order valence-corrected chi connectivity index (χ3v) is 2.37. The molecule has 0 bridgehead atoms. The number of nitrogens with one attached hydrogen (secondary N) is 1. The molecule has 2 heterocycles. The Hall–Kier alpha value is -1.10. The van der Waals surface area contributed by atoms with Gasteiger partial charge in [-0.3, -0.25) is 0 Å². The summed E-state index contributed by atoms with van der Waals surface area (Å²) in [5.74, 6) is 1.16. The van der Waals surface area contributed by atoms with Gasteiger partial charge in [-0.2, -0.15) is 9.90 Å². The van der Waals surface area contributed by atoms with Crippen LogP contribution in [0.1, 0.15) is 12.8 Å². The van der Waals surface area contributed by atoms with Crippen molar-refractivity contribution in [3.63, 3.8) is 0 Å². The number of nitrogens with two attached hydrogens (primary N) is 1. The van der Waals surface area contributed by atoms with Crippen molar-refractivity contribution < 1.29 is 0 Å². The molecule has 1 aliphatic heterocycles. The van der Waals surface area contributed by atoms with Gasteiger partial charge in [-0.15, -0.1) is 5.10 Å². The lowest BCUT2D eigenvalue weighted by molar-refractivity contribution is 0.310. The number of aromatic nitrogens is 3. The number of hydrogen-bond donors (Lipinski definition) is 2. The monoisotopic (exact) mass is 181 g/mol. The molecule has 1 fully saturated rings. The van der Waals surface area contributed by atoms with Crippen LogP contribution in [0, 0.1) is 5.92 Å². The molecule has 0 saturated carbocycles. The minimum absolute atomic E-state index is 0.503. The second-order valence-electron chi connectivity index (χ2n) is 3.54. The molecule has 3 N–H and O–H groups in total. The first-order valence-corrected chi connectivity index (χ1v) is 4.71. The van der Waals surface area contributed by atoms with Gasteiger partial charge in [-0.1, -0.05) is 0 Å². The van der Waals surface area contributed by atoms with E-state index in [0.717, 1.165) is 19.6 Å². The topological polar surface area (TPSA) is 68.8 Å². The molecule has 1 atom stereocenters. The Kier molecular flexibility index (Phi) is 2.44. The molecular weight excluding hydrogens is 166 g/mol. The third-order valence-electron chi connectivity index (χ3n) is 2.37. The summed E-state index contributed by atoms with van der Waals surface area (Å²) in [7, 11) is 0. The number of anilines is 1. The van der Waals surface area contributed by atoms with E-state index in [1.165, 1.54) is 12.8 Å². The minimum Gasteiger partial charge on any atom is -0.381 e. The van der Waals surface area contributed by atoms with Gasteiger partial charge in [0, 0.05) is 0 Å². The van der Waals surface area contributed by atoms with Crippen LogP contribution in [-0.4, -0.2) is 28.1 Å². The summed E-state index contributed by atoms with van der Waals surface area (Å²) in [4.78, 5) is 1.69. The quantitative estimate of drug-likeness (QED) is 0.666. The second kappa shape index (κ2) is 3.74. The summed E-state index contributed by atoms with van der Waals surface area (Å²) in [5.41, 5.74) is 5.47. The average Bonchev–Trinajstić information content (AvgIpc) is 2.53. The Labute approximate surface area is 77.3 Å². The highest BCUT2D eigenvalue weighted by Gasteiger charge is 2.14. The summed E-state index contributed by atoms with van der Waals surface area (Å²) in [5, 5.41) is 11.5. The number of rotatable bonds is 2. The molecular formula is C8H15N5. The zero-order chi connectivity index (χ0) is 9.10. The molecule has 1 aromatic rings. The van der Waals surface area contributed by atoms with Crippen LogP contribution >= 0.6 is 0 Å². The molecule has 1 unspecified atom stereocenters. The number of nitrogen functional groups attached to an aromatic ring is 1. The van der Waals surface area contributed by atoms with Crippen LogP contribution in [0.25, 0.3) is 0 Å². The van der Waals surface area contributed by atoms with Gasteiger partial charge in [0.25, 0.3) is 0 Å². The first kappa shape index (κ1) is 8.50. The van der Waals surface area contributed by atoms with E-state index in [-0.39, 0.29) is 0 Å². The fourth-order valence-electron chi connectivity index (χ4n) is 1.71. The third kappa shape index (κ3) is 2.18. The molecule has 1 saturated heterocycles. The van der Waals surface area contributed by atoms with Crippen molar-refractivity contribution in [2.75, 3.05) is 18.8 Å². The summed E-state index contributed by atoms with van der Waals surface area (Å²) in [6.07, 6.45) is 4.10. The largest absolute Gasteiger partial charge is 0.381 e. The fourth-order valence-corrected chi connectivity index (χ4v) is 1.71. The zero-order valence-electron chi connectivity index (χ0n) is 7.61. The minimum atomic E-state index is 0.503. The number of hydrogen-bond acceptors (Lipinski definition) is 4. The molecule has 2 rings (SSSR count). The normalized spacial score (nSPS) is 23.2. The van der Waals surface area contributed by atoms with Crippen LogP contribution in [0.15, 0.2) is 6.20 Å². The smallest absolute Gasteiger partial charge is 0.165 e. The van der Waals surface area contributed by atoms with E-state index in [1.807, 2.05) is 0 Å². The van der Waals surface area contributed by atoms with Crippen LogP contribution in [0.3, 0.4) is 0 Å². The van der Waals surface area contributed by atoms with Crippen LogP contribution in [0.2, 0.25) is 0 Å². The Morgan fingerprint density at radius 3 is 3.23 bits per heavy atom. The highest BCUT2D eigenvalue weighted by molar-refractivity contribution is 5.19. The van der Waals surface area contributed by atoms with Crippen LogP contribution in [0.4, 0.5) is 5.82 Å². The van der Waals surface area contributed by atoms with Gasteiger partial charge in [0.15, 0.2) is 5.82 Å². The average molecular weight is 181 g/mol. The molecule has 0 amide bonds. The Morgan fingerprint density at radius 1 is 1.69 bits per heavy atom. The molecule has 0 spiro atoms. The van der Waals surface area contributed by atoms with E-state index in [9.17, 15) is 0 Å². The Bertz CT molecular complexity index is 263. The predicted octanol–water partition coefficient (Wildman–Crippen LogP) is -0.140. The first-order chi connectivity index (χ1) is 6.34. The lowest BCUT2D eigenvalue weighted by Gasteiger charge is -2.21. The van der Waals surface area contributed by atoms with Crippen molar-refractivity contribution in [1.29, 1.82) is 0 Å². The van der Waals surface area contributed by atoms with E-state index in [4.69, 9.17) is 5.73 Å². The standard InChI is InChI=1S/C8H15N5/c9-8-5-11-13(12-8)6-7-2-1-3-10-4-7/h5,7,10H,1-4,6H2,(H2,9,12). The Morgan fingerprint density at radius 2 is 2.62 bits per heavy atom. The number of nitrogens with zero attached hydrogens (tertiary/aromatic N) is 3. The van der Waals surface area contributed by atoms with Crippen molar-refractivity contribution in [2.24, 2.45) is 5.92 Å². The van der Waals surface area contributed by atoms with Crippen molar-refractivity contribution in [3.8, 4) is 0 Å². The lowest BCUT2D eigenvalue weighted by Crippen LogP contribution is -2.32. The molecule has 5 nitrogen and oxygen atoms in total. The maximum Gasteiger partial charge on any atom is 0.165 e. The maximum atomic E-state index is 5.47. The lowest BCUT2D eigenvalue weighted by atomic mass is 10.0. The number of piperidine rings is 1. The maximum absolute atomic E-state index is 5.47. The second-order valence-corrected chi connectivity index (χ2v) is 3.54. The van der Waals surface area contributed by atoms with Gasteiger partial charge < -0.3 is 11.1 Å². The van der Waals surface area contributed by atoms with E-state index in [0.29, 0.717) is 11.7 Å². The van der Waals surface area contributed by atoms with E-state index in [1.54, 1.807) is 11.0 Å². The van der Waals surface area contributed by atoms with Crippen LogP contribution in [-0.2, 0) is 6.54 Å².